The highest BCUT2D eigenvalue weighted by Gasteiger charge is 2.20. The number of hydrogen-bond acceptors (Lipinski definition) is 5. The average Bonchev–Trinajstić information content (AvgIpc) is 2.59. The molecule has 0 saturated carbocycles. The average molecular weight is 384 g/mol. The SMILES string of the molecule is CCN(c1cccc(OC)c1)C(C)OC(=O)Oc1cc(Cl)ccc1Cl. The lowest BCUT2D eigenvalue weighted by atomic mass is 10.2. The van der Waals surface area contributed by atoms with E-state index in [4.69, 9.17) is 37.4 Å². The standard InChI is InChI=1S/C18H19Cl2NO4/c1-4-21(14-6-5-7-15(11-14)23-3)12(2)24-18(22)25-17-10-13(19)8-9-16(17)20/h5-12H,4H2,1-3H3. The van der Waals surface area contributed by atoms with Gasteiger partial charge in [-0.3, -0.25) is 0 Å². The molecule has 25 heavy (non-hydrogen) atoms. The second-order valence-corrected chi connectivity index (χ2v) is 5.98. The summed E-state index contributed by atoms with van der Waals surface area (Å²) in [5.74, 6) is 0.868. The Bertz CT molecular complexity index is 739. The van der Waals surface area contributed by atoms with Gasteiger partial charge in [0.15, 0.2) is 12.0 Å². The first kappa shape index (κ1) is 19.2. The molecule has 2 aromatic rings. The van der Waals surface area contributed by atoms with E-state index in [9.17, 15) is 4.79 Å². The second-order valence-electron chi connectivity index (χ2n) is 5.13. The number of methoxy groups -OCH3 is 1. The second kappa shape index (κ2) is 8.83. The van der Waals surface area contributed by atoms with Gasteiger partial charge in [-0.25, -0.2) is 4.79 Å². The van der Waals surface area contributed by atoms with Gasteiger partial charge < -0.3 is 19.1 Å². The Hall–Kier alpha value is -2.11. The fourth-order valence-corrected chi connectivity index (χ4v) is 2.63. The van der Waals surface area contributed by atoms with Crippen molar-refractivity contribution < 1.29 is 19.0 Å². The van der Waals surface area contributed by atoms with Crippen LogP contribution in [-0.2, 0) is 4.74 Å². The van der Waals surface area contributed by atoms with Crippen molar-refractivity contribution in [2.75, 3.05) is 18.6 Å². The molecule has 5 nitrogen and oxygen atoms in total. The van der Waals surface area contributed by atoms with E-state index in [0.29, 0.717) is 11.6 Å². The van der Waals surface area contributed by atoms with Gasteiger partial charge in [0.05, 0.1) is 12.1 Å². The Morgan fingerprint density at radius 2 is 1.96 bits per heavy atom. The van der Waals surface area contributed by atoms with E-state index in [1.807, 2.05) is 36.1 Å². The van der Waals surface area contributed by atoms with Crippen molar-refractivity contribution in [2.24, 2.45) is 0 Å². The van der Waals surface area contributed by atoms with Crippen LogP contribution in [0.2, 0.25) is 10.0 Å². The summed E-state index contributed by atoms with van der Waals surface area (Å²) in [5.41, 5.74) is 0.864. The third-order valence-electron chi connectivity index (χ3n) is 3.52. The van der Waals surface area contributed by atoms with Crippen LogP contribution < -0.4 is 14.4 Å². The number of benzene rings is 2. The zero-order valence-corrected chi connectivity index (χ0v) is 15.7. The summed E-state index contributed by atoms with van der Waals surface area (Å²) in [6.45, 7) is 4.34. The topological polar surface area (TPSA) is 48.0 Å². The first-order valence-corrected chi connectivity index (χ1v) is 8.44. The highest BCUT2D eigenvalue weighted by molar-refractivity contribution is 6.34. The molecule has 0 spiro atoms. The number of nitrogens with zero attached hydrogens (tertiary/aromatic N) is 1. The molecular weight excluding hydrogens is 365 g/mol. The van der Waals surface area contributed by atoms with E-state index in [0.717, 1.165) is 11.4 Å². The van der Waals surface area contributed by atoms with E-state index in [2.05, 4.69) is 0 Å². The van der Waals surface area contributed by atoms with E-state index in [1.165, 1.54) is 6.07 Å². The van der Waals surface area contributed by atoms with Crippen LogP contribution >= 0.6 is 23.2 Å². The molecule has 2 aromatic carbocycles. The molecule has 0 aliphatic carbocycles. The molecule has 134 valence electrons. The summed E-state index contributed by atoms with van der Waals surface area (Å²) < 4.78 is 15.7. The Labute approximate surface area is 157 Å². The Balaban J connectivity index is 2.06. The highest BCUT2D eigenvalue weighted by Crippen LogP contribution is 2.28. The number of halogens is 2. The van der Waals surface area contributed by atoms with Crippen LogP contribution in [0, 0.1) is 0 Å². The zero-order valence-electron chi connectivity index (χ0n) is 14.2. The molecule has 0 aliphatic rings. The van der Waals surface area contributed by atoms with Crippen LogP contribution in [0.5, 0.6) is 11.5 Å². The number of anilines is 1. The van der Waals surface area contributed by atoms with Crippen LogP contribution in [0.25, 0.3) is 0 Å². The summed E-state index contributed by atoms with van der Waals surface area (Å²) in [6.07, 6.45) is -1.42. The molecule has 0 bridgehead atoms. The van der Waals surface area contributed by atoms with Gasteiger partial charge in [-0.15, -0.1) is 0 Å². The van der Waals surface area contributed by atoms with Gasteiger partial charge in [0.25, 0.3) is 0 Å². The number of carbonyl (C=O) groups excluding carboxylic acids is 1. The molecule has 0 fully saturated rings. The summed E-state index contributed by atoms with van der Waals surface area (Å²) in [5, 5.41) is 0.681. The van der Waals surface area contributed by atoms with Crippen LogP contribution in [0.3, 0.4) is 0 Å². The lowest BCUT2D eigenvalue weighted by Gasteiger charge is -2.29. The van der Waals surface area contributed by atoms with Crippen molar-refractivity contribution in [1.29, 1.82) is 0 Å². The molecule has 7 heteroatoms. The molecule has 0 heterocycles. The van der Waals surface area contributed by atoms with Gasteiger partial charge in [-0.1, -0.05) is 29.3 Å². The Morgan fingerprint density at radius 3 is 2.64 bits per heavy atom. The maximum atomic E-state index is 12.1. The number of rotatable bonds is 6. The quantitative estimate of drug-likeness (QED) is 0.380. The maximum Gasteiger partial charge on any atom is 0.515 e. The summed E-state index contributed by atoms with van der Waals surface area (Å²) in [6, 6.07) is 12.1. The molecule has 0 N–H and O–H groups in total. The van der Waals surface area contributed by atoms with Crippen LogP contribution in [0.4, 0.5) is 10.5 Å². The molecule has 1 atom stereocenters. The minimum absolute atomic E-state index is 0.149. The van der Waals surface area contributed by atoms with Gasteiger partial charge >= 0.3 is 6.16 Å². The molecule has 0 amide bonds. The number of carbonyl (C=O) groups is 1. The summed E-state index contributed by atoms with van der Waals surface area (Å²) in [7, 11) is 1.60. The minimum atomic E-state index is -0.863. The van der Waals surface area contributed by atoms with Crippen molar-refractivity contribution in [2.45, 2.75) is 20.1 Å². The molecule has 1 unspecified atom stereocenters. The summed E-state index contributed by atoms with van der Waals surface area (Å²) in [4.78, 5) is 14.0. The third-order valence-corrected chi connectivity index (χ3v) is 4.07. The van der Waals surface area contributed by atoms with Gasteiger partial charge in [-0.2, -0.15) is 0 Å². The minimum Gasteiger partial charge on any atom is -0.497 e. The lowest BCUT2D eigenvalue weighted by molar-refractivity contribution is 0.0646. The van der Waals surface area contributed by atoms with Gasteiger partial charge in [-0.05, 0) is 38.1 Å². The van der Waals surface area contributed by atoms with Crippen molar-refractivity contribution >= 4 is 35.0 Å². The molecular formula is C18H19Cl2NO4. The molecule has 0 radical (unpaired) electrons. The Kier molecular flexibility index (Phi) is 6.79. The predicted octanol–water partition coefficient (Wildman–Crippen LogP) is 5.39. The monoisotopic (exact) mass is 383 g/mol. The van der Waals surface area contributed by atoms with E-state index in [-0.39, 0.29) is 10.8 Å². The molecule has 0 aromatic heterocycles. The van der Waals surface area contributed by atoms with Crippen molar-refractivity contribution in [1.82, 2.24) is 0 Å². The number of hydrogen-bond donors (Lipinski definition) is 0. The van der Waals surface area contributed by atoms with Crippen LogP contribution in [0.15, 0.2) is 42.5 Å². The first-order valence-electron chi connectivity index (χ1n) is 7.68. The maximum absolute atomic E-state index is 12.1. The fraction of sp³-hybridized carbons (Fsp3) is 0.278. The van der Waals surface area contributed by atoms with Crippen LogP contribution in [-0.4, -0.2) is 26.0 Å². The molecule has 0 aliphatic heterocycles. The fourth-order valence-electron chi connectivity index (χ4n) is 2.31. The van der Waals surface area contributed by atoms with Crippen LogP contribution in [0.1, 0.15) is 13.8 Å². The van der Waals surface area contributed by atoms with Crippen molar-refractivity contribution in [3.05, 3.63) is 52.5 Å². The summed E-state index contributed by atoms with van der Waals surface area (Å²) >= 11 is 11.9. The first-order chi connectivity index (χ1) is 11.9. The zero-order chi connectivity index (χ0) is 18.4. The van der Waals surface area contributed by atoms with Gasteiger partial charge in [0.1, 0.15) is 5.75 Å². The van der Waals surface area contributed by atoms with E-state index in [1.54, 1.807) is 26.2 Å². The van der Waals surface area contributed by atoms with Gasteiger partial charge in [0.2, 0.25) is 0 Å². The normalized spacial score (nSPS) is 11.6. The van der Waals surface area contributed by atoms with Gasteiger partial charge in [0, 0.05) is 29.4 Å². The third kappa shape index (κ3) is 5.18. The molecule has 0 saturated heterocycles. The highest BCUT2D eigenvalue weighted by atomic mass is 35.5. The van der Waals surface area contributed by atoms with E-state index < -0.39 is 12.4 Å². The van der Waals surface area contributed by atoms with Crippen molar-refractivity contribution in [3.8, 4) is 11.5 Å². The predicted molar refractivity (Wildman–Crippen MR) is 99.0 cm³/mol. The Morgan fingerprint density at radius 1 is 1.20 bits per heavy atom. The largest absolute Gasteiger partial charge is 0.515 e. The van der Waals surface area contributed by atoms with Crippen molar-refractivity contribution in [3.63, 3.8) is 0 Å². The van der Waals surface area contributed by atoms with E-state index >= 15 is 0 Å². The smallest absolute Gasteiger partial charge is 0.497 e. The molecule has 2 rings (SSSR count). The lowest BCUT2D eigenvalue weighted by Crippen LogP contribution is -2.37. The number of ether oxygens (including phenoxy) is 3.